The van der Waals surface area contributed by atoms with Crippen LogP contribution in [0.5, 0.6) is 0 Å². The lowest BCUT2D eigenvalue weighted by Gasteiger charge is -2.06. The van der Waals surface area contributed by atoms with E-state index in [-0.39, 0.29) is 5.91 Å². The Bertz CT molecular complexity index is 1070. The zero-order chi connectivity index (χ0) is 19.3. The smallest absolute Gasteiger partial charge is 0.255 e. The first-order valence-electron chi connectivity index (χ1n) is 8.71. The summed E-state index contributed by atoms with van der Waals surface area (Å²) >= 11 is 5.85. The van der Waals surface area contributed by atoms with Crippen LogP contribution >= 0.6 is 11.6 Å². The monoisotopic (exact) mass is 389 g/mol. The van der Waals surface area contributed by atoms with Crippen molar-refractivity contribution in [2.24, 2.45) is 0 Å². The number of carbonyl (C=O) groups is 1. The van der Waals surface area contributed by atoms with Crippen molar-refractivity contribution in [2.45, 2.75) is 6.42 Å². The Hall–Kier alpha value is -3.44. The molecule has 0 aliphatic rings. The predicted octanol–water partition coefficient (Wildman–Crippen LogP) is 5.23. The number of hydrogen-bond donors (Lipinski definition) is 1. The lowest BCUT2D eigenvalue weighted by atomic mass is 10.1. The van der Waals surface area contributed by atoms with Gasteiger partial charge in [0.1, 0.15) is 0 Å². The van der Waals surface area contributed by atoms with Gasteiger partial charge in [-0.1, -0.05) is 41.9 Å². The molecule has 0 spiro atoms. The molecule has 0 unspecified atom stereocenters. The van der Waals surface area contributed by atoms with Crippen LogP contribution in [-0.2, 0) is 6.42 Å². The van der Waals surface area contributed by atoms with E-state index < -0.39 is 0 Å². The molecule has 5 nitrogen and oxygen atoms in total. The fraction of sp³-hybridized carbons (Fsp3) is 0.0455. The molecule has 4 aromatic rings. The fourth-order valence-electron chi connectivity index (χ4n) is 2.71. The minimum absolute atomic E-state index is 0.186. The maximum absolute atomic E-state index is 12.3. The first-order chi connectivity index (χ1) is 13.7. The third-order valence-corrected chi connectivity index (χ3v) is 4.41. The van der Waals surface area contributed by atoms with Gasteiger partial charge in [0.05, 0.1) is 6.42 Å². The normalized spacial score (nSPS) is 10.6. The molecule has 0 saturated carbocycles. The Morgan fingerprint density at radius 1 is 0.893 bits per heavy atom. The largest absolute Gasteiger partial charge is 0.420 e. The fourth-order valence-corrected chi connectivity index (χ4v) is 2.83. The quantitative estimate of drug-likeness (QED) is 0.507. The Kier molecular flexibility index (Phi) is 5.17. The molecule has 1 N–H and O–H groups in total. The van der Waals surface area contributed by atoms with E-state index in [2.05, 4.69) is 15.5 Å². The van der Waals surface area contributed by atoms with Crippen LogP contribution in [0.2, 0.25) is 5.02 Å². The van der Waals surface area contributed by atoms with E-state index in [0.29, 0.717) is 34.5 Å². The minimum Gasteiger partial charge on any atom is -0.420 e. The number of nitrogens with zero attached hydrogens (tertiary/aromatic N) is 2. The second-order valence-corrected chi connectivity index (χ2v) is 6.64. The van der Waals surface area contributed by atoms with Gasteiger partial charge in [-0.15, -0.1) is 10.2 Å². The van der Waals surface area contributed by atoms with Crippen molar-refractivity contribution in [1.82, 2.24) is 10.2 Å². The summed E-state index contributed by atoms with van der Waals surface area (Å²) in [7, 11) is 0. The van der Waals surface area contributed by atoms with Gasteiger partial charge in [-0.3, -0.25) is 4.79 Å². The van der Waals surface area contributed by atoms with Crippen LogP contribution in [0.25, 0.3) is 11.5 Å². The van der Waals surface area contributed by atoms with E-state index in [0.717, 1.165) is 11.1 Å². The van der Waals surface area contributed by atoms with Crippen LogP contribution in [0.15, 0.2) is 83.3 Å². The molecule has 28 heavy (non-hydrogen) atoms. The Morgan fingerprint density at radius 3 is 2.32 bits per heavy atom. The van der Waals surface area contributed by atoms with Gasteiger partial charge in [0.25, 0.3) is 5.91 Å². The van der Waals surface area contributed by atoms with Gasteiger partial charge in [-0.05, 0) is 54.1 Å². The van der Waals surface area contributed by atoms with Crippen molar-refractivity contribution in [3.05, 3.63) is 101 Å². The molecule has 1 amide bonds. The Balaban J connectivity index is 1.40. The molecular formula is C22H16ClN3O2. The van der Waals surface area contributed by atoms with Crippen LogP contribution in [0.1, 0.15) is 21.8 Å². The van der Waals surface area contributed by atoms with Gasteiger partial charge >= 0.3 is 0 Å². The number of carbonyl (C=O) groups excluding carboxylic acids is 1. The molecular weight excluding hydrogens is 374 g/mol. The molecule has 0 fully saturated rings. The van der Waals surface area contributed by atoms with Gasteiger partial charge in [-0.25, -0.2) is 0 Å². The van der Waals surface area contributed by atoms with Crippen molar-refractivity contribution in [3.8, 4) is 11.5 Å². The van der Waals surface area contributed by atoms with Crippen LogP contribution in [0.4, 0.5) is 5.69 Å². The lowest BCUT2D eigenvalue weighted by molar-refractivity contribution is 0.102. The zero-order valence-corrected chi connectivity index (χ0v) is 15.6. The number of hydrogen-bond acceptors (Lipinski definition) is 4. The summed E-state index contributed by atoms with van der Waals surface area (Å²) in [5.74, 6) is 0.855. The summed E-state index contributed by atoms with van der Waals surface area (Å²) in [6, 6.07) is 23.9. The highest BCUT2D eigenvalue weighted by Crippen LogP contribution is 2.19. The molecule has 0 radical (unpaired) electrons. The number of halogens is 1. The summed E-state index contributed by atoms with van der Waals surface area (Å²) in [6.45, 7) is 0. The van der Waals surface area contributed by atoms with Gasteiger partial charge in [0, 0.05) is 21.8 Å². The van der Waals surface area contributed by atoms with Crippen LogP contribution in [-0.4, -0.2) is 16.1 Å². The molecule has 1 aromatic heterocycles. The van der Waals surface area contributed by atoms with Gasteiger partial charge in [-0.2, -0.15) is 0 Å². The van der Waals surface area contributed by atoms with Crippen LogP contribution in [0.3, 0.4) is 0 Å². The third-order valence-electron chi connectivity index (χ3n) is 4.16. The average Bonchev–Trinajstić information content (AvgIpc) is 3.19. The molecule has 0 saturated heterocycles. The predicted molar refractivity (Wildman–Crippen MR) is 108 cm³/mol. The van der Waals surface area contributed by atoms with Crippen molar-refractivity contribution >= 4 is 23.2 Å². The summed E-state index contributed by atoms with van der Waals surface area (Å²) in [5, 5.41) is 11.7. The minimum atomic E-state index is -0.186. The maximum atomic E-state index is 12.3. The van der Waals surface area contributed by atoms with E-state index in [4.69, 9.17) is 16.0 Å². The summed E-state index contributed by atoms with van der Waals surface area (Å²) in [4.78, 5) is 12.3. The van der Waals surface area contributed by atoms with Crippen molar-refractivity contribution < 1.29 is 9.21 Å². The lowest BCUT2D eigenvalue weighted by Crippen LogP contribution is -2.11. The van der Waals surface area contributed by atoms with Gasteiger partial charge in [0.2, 0.25) is 11.8 Å². The van der Waals surface area contributed by atoms with Gasteiger partial charge < -0.3 is 9.73 Å². The highest BCUT2D eigenvalue weighted by Gasteiger charge is 2.10. The van der Waals surface area contributed by atoms with Crippen molar-refractivity contribution in [2.75, 3.05) is 5.32 Å². The molecule has 4 rings (SSSR count). The molecule has 6 heteroatoms. The Morgan fingerprint density at radius 2 is 1.61 bits per heavy atom. The Labute approximate surface area is 167 Å². The number of benzene rings is 3. The summed E-state index contributed by atoms with van der Waals surface area (Å²) in [5.41, 5.74) is 3.15. The number of aromatic nitrogens is 2. The second-order valence-electron chi connectivity index (χ2n) is 6.20. The topological polar surface area (TPSA) is 68.0 Å². The summed E-state index contributed by atoms with van der Waals surface area (Å²) < 4.78 is 5.73. The zero-order valence-electron chi connectivity index (χ0n) is 14.8. The molecule has 1 heterocycles. The molecule has 0 aliphatic heterocycles. The maximum Gasteiger partial charge on any atom is 0.255 e. The highest BCUT2D eigenvalue weighted by molar-refractivity contribution is 6.30. The first-order valence-corrected chi connectivity index (χ1v) is 9.09. The molecule has 3 aromatic carbocycles. The number of anilines is 1. The van der Waals surface area contributed by atoms with Crippen LogP contribution < -0.4 is 5.32 Å². The van der Waals surface area contributed by atoms with E-state index in [1.54, 1.807) is 24.3 Å². The van der Waals surface area contributed by atoms with Gasteiger partial charge in [0.15, 0.2) is 0 Å². The SMILES string of the molecule is O=C(Nc1ccc(Cc2nnc(-c3ccccc3)o2)cc1)c1ccc(Cl)cc1. The van der Waals surface area contributed by atoms with Crippen molar-refractivity contribution in [3.63, 3.8) is 0 Å². The van der Waals surface area contributed by atoms with E-state index in [1.165, 1.54) is 0 Å². The molecule has 0 aliphatic carbocycles. The van der Waals surface area contributed by atoms with Crippen molar-refractivity contribution in [1.29, 1.82) is 0 Å². The number of rotatable bonds is 5. The van der Waals surface area contributed by atoms with E-state index >= 15 is 0 Å². The highest BCUT2D eigenvalue weighted by atomic mass is 35.5. The second kappa shape index (κ2) is 8.06. The number of amides is 1. The third kappa shape index (κ3) is 4.27. The van der Waals surface area contributed by atoms with Crippen LogP contribution in [0, 0.1) is 0 Å². The van der Waals surface area contributed by atoms with E-state index in [9.17, 15) is 4.79 Å². The molecule has 0 atom stereocenters. The molecule has 138 valence electrons. The average molecular weight is 390 g/mol. The van der Waals surface area contributed by atoms with E-state index in [1.807, 2.05) is 54.6 Å². The summed E-state index contributed by atoms with van der Waals surface area (Å²) in [6.07, 6.45) is 0.519. The standard InChI is InChI=1S/C22H16ClN3O2/c23-18-10-8-16(9-11-18)21(27)24-19-12-6-15(7-13-19)14-20-25-26-22(28-20)17-4-2-1-3-5-17/h1-13H,14H2,(H,24,27). The first kappa shape index (κ1) is 17.9. The number of nitrogens with one attached hydrogen (secondary N) is 1. The molecule has 0 bridgehead atoms.